The van der Waals surface area contributed by atoms with Gasteiger partial charge in [-0.1, -0.05) is 58.6 Å². The fraction of sp³-hybridized carbons (Fsp3) is 0.394. The Labute approximate surface area is 277 Å². The molecule has 0 unspecified atom stereocenters. The van der Waals surface area contributed by atoms with Crippen molar-refractivity contribution in [1.82, 2.24) is 10.2 Å². The molecule has 2 aliphatic rings. The molecule has 2 aliphatic heterocycles. The highest BCUT2D eigenvalue weighted by atomic mass is 35.5. The van der Waals surface area contributed by atoms with Crippen LogP contribution in [0.3, 0.4) is 0 Å². The summed E-state index contributed by atoms with van der Waals surface area (Å²) in [6.07, 6.45) is -0.252. The van der Waals surface area contributed by atoms with Crippen molar-refractivity contribution in [3.63, 3.8) is 0 Å². The van der Waals surface area contributed by atoms with E-state index in [1.807, 2.05) is 36.4 Å². The van der Waals surface area contributed by atoms with Crippen LogP contribution in [0.5, 0.6) is 5.75 Å². The van der Waals surface area contributed by atoms with E-state index in [4.69, 9.17) is 53.0 Å². The maximum atomic E-state index is 14.5. The Kier molecular flexibility index (Phi) is 11.8. The van der Waals surface area contributed by atoms with Gasteiger partial charge in [0.1, 0.15) is 5.75 Å². The molecule has 0 radical (unpaired) electrons. The number of nitrogens with zero attached hydrogens (tertiary/aromatic N) is 5. The topological polar surface area (TPSA) is 141 Å². The molecule has 1 fully saturated rings. The Morgan fingerprint density at radius 1 is 1.13 bits per heavy atom. The number of azide groups is 1. The van der Waals surface area contributed by atoms with E-state index in [9.17, 15) is 4.79 Å². The summed E-state index contributed by atoms with van der Waals surface area (Å²) in [5.74, 6) is 0.579. The Morgan fingerprint density at radius 3 is 2.61 bits per heavy atom. The van der Waals surface area contributed by atoms with Crippen molar-refractivity contribution in [3.05, 3.63) is 109 Å². The zero-order valence-corrected chi connectivity index (χ0v) is 26.8. The van der Waals surface area contributed by atoms with Gasteiger partial charge in [0.15, 0.2) is 11.6 Å². The highest BCUT2D eigenvalue weighted by molar-refractivity contribution is 6.35. The number of amides is 1. The van der Waals surface area contributed by atoms with Gasteiger partial charge < -0.3 is 24.6 Å². The van der Waals surface area contributed by atoms with Gasteiger partial charge in [-0.15, -0.1) is 0 Å². The molecule has 0 saturated carbocycles. The predicted molar refractivity (Wildman–Crippen MR) is 176 cm³/mol. The van der Waals surface area contributed by atoms with Crippen LogP contribution in [0.15, 0.2) is 76.8 Å². The van der Waals surface area contributed by atoms with E-state index in [1.165, 1.54) is 0 Å². The number of aliphatic hydroxyl groups excluding tert-OH is 1. The second-order valence-corrected chi connectivity index (χ2v) is 11.8. The van der Waals surface area contributed by atoms with Gasteiger partial charge in [0.2, 0.25) is 5.90 Å². The van der Waals surface area contributed by atoms with Crippen molar-refractivity contribution in [1.29, 1.82) is 0 Å². The minimum Gasteiger partial charge on any atom is -0.494 e. The van der Waals surface area contributed by atoms with Crippen molar-refractivity contribution < 1.29 is 24.1 Å². The third-order valence-corrected chi connectivity index (χ3v) is 8.54. The first-order valence-electron chi connectivity index (χ1n) is 15.1. The Balaban J connectivity index is 1.56. The SMILES string of the molecule is [N-]=[N+]=NCc1ccccc1C[C@@]1(C(=O)NCCN2CCOCC2)N=C(c2ccc(OCCCO)cc2)O[C@@H]1c1ccc(Cl)cc1Cl. The number of hydrogen-bond acceptors (Lipinski definition) is 8. The first-order valence-corrected chi connectivity index (χ1v) is 15.9. The van der Waals surface area contributed by atoms with Crippen molar-refractivity contribution >= 4 is 35.0 Å². The number of halogens is 2. The maximum Gasteiger partial charge on any atom is 0.252 e. The lowest BCUT2D eigenvalue weighted by molar-refractivity contribution is -0.129. The Bertz CT molecular complexity index is 1580. The van der Waals surface area contributed by atoms with Crippen LogP contribution in [0, 0.1) is 0 Å². The number of nitrogens with one attached hydrogen (secondary N) is 1. The van der Waals surface area contributed by atoms with Gasteiger partial charge in [-0.25, -0.2) is 4.99 Å². The average molecular weight is 668 g/mol. The van der Waals surface area contributed by atoms with Gasteiger partial charge in [0.05, 0.1) is 26.4 Å². The van der Waals surface area contributed by atoms with E-state index in [-0.39, 0.29) is 31.4 Å². The molecule has 1 saturated heterocycles. The molecule has 11 nitrogen and oxygen atoms in total. The smallest absolute Gasteiger partial charge is 0.252 e. The Morgan fingerprint density at radius 2 is 1.89 bits per heavy atom. The minimum absolute atomic E-state index is 0.0416. The molecular weight excluding hydrogens is 631 g/mol. The summed E-state index contributed by atoms with van der Waals surface area (Å²) in [4.78, 5) is 24.8. The molecule has 3 aromatic rings. The van der Waals surface area contributed by atoms with Crippen LogP contribution in [0.2, 0.25) is 10.0 Å². The van der Waals surface area contributed by atoms with Gasteiger partial charge in [-0.3, -0.25) is 9.69 Å². The fourth-order valence-corrected chi connectivity index (χ4v) is 6.07. The zero-order chi connectivity index (χ0) is 32.4. The van der Waals surface area contributed by atoms with Crippen LogP contribution in [0.1, 0.15) is 34.8 Å². The molecule has 242 valence electrons. The number of carbonyl (C=O) groups excluding carboxylic acids is 1. The molecule has 5 rings (SSSR count). The maximum absolute atomic E-state index is 14.5. The lowest BCUT2D eigenvalue weighted by Crippen LogP contribution is -2.52. The lowest BCUT2D eigenvalue weighted by Gasteiger charge is -2.32. The standard InChI is InChI=1S/C33H36Cl2N6O5/c34-26-8-11-28(29(35)20-26)30-33(21-24-4-1-2-5-25(24)22-38-40-36,32(43)37-12-13-41-14-18-44-19-15-41)39-31(46-30)23-6-9-27(10-7-23)45-17-3-16-42/h1-2,4-11,20,30,42H,3,12-19,21-22H2,(H,37,43)/t30-,33-/m1/s1. The molecule has 0 bridgehead atoms. The minimum atomic E-state index is -1.49. The third-order valence-electron chi connectivity index (χ3n) is 7.97. The van der Waals surface area contributed by atoms with Gasteiger partial charge >= 0.3 is 0 Å². The monoisotopic (exact) mass is 666 g/mol. The van der Waals surface area contributed by atoms with E-state index in [0.29, 0.717) is 66.3 Å². The molecular formula is C33H36Cl2N6O5. The largest absolute Gasteiger partial charge is 0.494 e. The van der Waals surface area contributed by atoms with E-state index in [2.05, 4.69) is 20.2 Å². The van der Waals surface area contributed by atoms with Crippen LogP contribution >= 0.6 is 23.2 Å². The summed E-state index contributed by atoms with van der Waals surface area (Å²) in [6.45, 7) is 4.49. The van der Waals surface area contributed by atoms with Crippen LogP contribution in [0.4, 0.5) is 0 Å². The van der Waals surface area contributed by atoms with Crippen LogP contribution < -0.4 is 10.1 Å². The van der Waals surface area contributed by atoms with Crippen molar-refractivity contribution in [3.8, 4) is 5.75 Å². The van der Waals surface area contributed by atoms with Crippen molar-refractivity contribution in [2.45, 2.75) is 31.0 Å². The van der Waals surface area contributed by atoms with E-state index in [1.54, 1.807) is 30.3 Å². The number of benzene rings is 3. The second-order valence-electron chi connectivity index (χ2n) is 11.0. The molecule has 2 heterocycles. The molecule has 0 spiro atoms. The quantitative estimate of drug-likeness (QED) is 0.101. The third kappa shape index (κ3) is 8.11. The zero-order valence-electron chi connectivity index (χ0n) is 25.3. The number of rotatable bonds is 14. The number of hydrogen-bond donors (Lipinski definition) is 2. The number of ether oxygens (including phenoxy) is 3. The van der Waals surface area contributed by atoms with Crippen molar-refractivity contribution in [2.75, 3.05) is 52.6 Å². The summed E-state index contributed by atoms with van der Waals surface area (Å²) in [5, 5.41) is 16.8. The summed E-state index contributed by atoms with van der Waals surface area (Å²) in [6, 6.07) is 19.8. The number of aliphatic hydroxyl groups is 1. The van der Waals surface area contributed by atoms with E-state index in [0.717, 1.165) is 24.2 Å². The first-order chi connectivity index (χ1) is 22.4. The molecule has 3 aromatic carbocycles. The number of morpholine rings is 1. The molecule has 0 aromatic heterocycles. The van der Waals surface area contributed by atoms with E-state index >= 15 is 0 Å². The molecule has 0 aliphatic carbocycles. The van der Waals surface area contributed by atoms with Gasteiger partial charge in [0, 0.05) is 71.7 Å². The van der Waals surface area contributed by atoms with Crippen molar-refractivity contribution in [2.24, 2.45) is 10.1 Å². The Hall–Kier alpha value is -3.83. The molecule has 1 amide bonds. The van der Waals surface area contributed by atoms with Crippen LogP contribution in [0.25, 0.3) is 10.4 Å². The normalized spacial score (nSPS) is 19.5. The molecule has 2 atom stereocenters. The van der Waals surface area contributed by atoms with Gasteiger partial charge in [-0.2, -0.15) is 0 Å². The first kappa shape index (κ1) is 33.5. The average Bonchev–Trinajstić information content (AvgIpc) is 3.45. The highest BCUT2D eigenvalue weighted by Gasteiger charge is 2.54. The van der Waals surface area contributed by atoms with Gasteiger partial charge in [-0.05, 0) is 53.1 Å². The fourth-order valence-electron chi connectivity index (χ4n) is 5.56. The molecule has 2 N–H and O–H groups in total. The highest BCUT2D eigenvalue weighted by Crippen LogP contribution is 2.45. The summed E-state index contributed by atoms with van der Waals surface area (Å²) in [7, 11) is 0. The molecule has 46 heavy (non-hydrogen) atoms. The summed E-state index contributed by atoms with van der Waals surface area (Å²) in [5.41, 5.74) is 10.3. The summed E-state index contributed by atoms with van der Waals surface area (Å²) < 4.78 is 17.8. The van der Waals surface area contributed by atoms with E-state index < -0.39 is 11.6 Å². The van der Waals surface area contributed by atoms with Crippen LogP contribution in [-0.4, -0.2) is 80.0 Å². The number of aliphatic imine (C=N–C) groups is 1. The van der Waals surface area contributed by atoms with Crippen LogP contribution in [-0.2, 0) is 27.2 Å². The summed E-state index contributed by atoms with van der Waals surface area (Å²) >= 11 is 13.0. The lowest BCUT2D eigenvalue weighted by atomic mass is 9.80. The predicted octanol–water partition coefficient (Wildman–Crippen LogP) is 5.51. The molecule has 13 heteroatoms. The second kappa shape index (κ2) is 16.1. The number of carbonyl (C=O) groups is 1. The van der Waals surface area contributed by atoms with Gasteiger partial charge in [0.25, 0.3) is 5.91 Å².